The second-order valence-electron chi connectivity index (χ2n) is 5.53. The van der Waals surface area contributed by atoms with Crippen molar-refractivity contribution < 1.29 is 0 Å². The standard InChI is InChI=1S/C17H27NS.ClH/c1-4-11-18(12-5-2)15-10-9-14-7-6-8-17(19-3)16(14)13-15;/h6-8,15H,4-5,9-13H2,1-3H3;1H/t15-;/m1./s1. The normalized spacial score (nSPS) is 17.7. The lowest BCUT2D eigenvalue weighted by Gasteiger charge is -2.35. The molecule has 2 rings (SSSR count). The van der Waals surface area contributed by atoms with Gasteiger partial charge >= 0.3 is 0 Å². The van der Waals surface area contributed by atoms with Crippen molar-refractivity contribution in [3.8, 4) is 0 Å². The third-order valence-electron chi connectivity index (χ3n) is 4.17. The molecule has 0 aromatic heterocycles. The second-order valence-corrected chi connectivity index (χ2v) is 6.38. The number of halogens is 1. The molecule has 0 N–H and O–H groups in total. The highest BCUT2D eigenvalue weighted by atomic mass is 35.5. The largest absolute Gasteiger partial charge is 0.300 e. The highest BCUT2D eigenvalue weighted by Crippen LogP contribution is 2.31. The lowest BCUT2D eigenvalue weighted by atomic mass is 9.87. The third-order valence-corrected chi connectivity index (χ3v) is 5.00. The molecule has 0 saturated heterocycles. The van der Waals surface area contributed by atoms with Crippen LogP contribution in [-0.2, 0) is 12.8 Å². The van der Waals surface area contributed by atoms with Gasteiger partial charge < -0.3 is 4.90 Å². The third kappa shape index (κ3) is 4.16. The summed E-state index contributed by atoms with van der Waals surface area (Å²) >= 11 is 1.91. The topological polar surface area (TPSA) is 3.24 Å². The van der Waals surface area contributed by atoms with Gasteiger partial charge in [-0.3, -0.25) is 0 Å². The van der Waals surface area contributed by atoms with Gasteiger partial charge in [-0.25, -0.2) is 0 Å². The van der Waals surface area contributed by atoms with E-state index in [0.717, 1.165) is 6.04 Å². The van der Waals surface area contributed by atoms with Gasteiger partial charge in [-0.1, -0.05) is 26.0 Å². The lowest BCUT2D eigenvalue weighted by Crippen LogP contribution is -2.40. The number of thioether (sulfide) groups is 1. The van der Waals surface area contributed by atoms with E-state index in [-0.39, 0.29) is 12.4 Å². The van der Waals surface area contributed by atoms with Crippen LogP contribution < -0.4 is 0 Å². The molecule has 0 amide bonds. The van der Waals surface area contributed by atoms with Crippen LogP contribution in [0.4, 0.5) is 0 Å². The number of nitrogens with zero attached hydrogens (tertiary/aromatic N) is 1. The molecule has 0 radical (unpaired) electrons. The molecule has 1 aromatic carbocycles. The highest BCUT2D eigenvalue weighted by Gasteiger charge is 2.24. The number of aryl methyl sites for hydroxylation is 1. The molecule has 1 nitrogen and oxygen atoms in total. The summed E-state index contributed by atoms with van der Waals surface area (Å²) < 4.78 is 0. The van der Waals surface area contributed by atoms with Gasteiger partial charge in [-0.05, 0) is 68.6 Å². The molecule has 114 valence electrons. The molecule has 0 saturated carbocycles. The smallest absolute Gasteiger partial charge is 0.0139 e. The highest BCUT2D eigenvalue weighted by molar-refractivity contribution is 7.98. The molecule has 1 aliphatic carbocycles. The first kappa shape index (κ1) is 17.9. The zero-order chi connectivity index (χ0) is 13.7. The van der Waals surface area contributed by atoms with E-state index in [4.69, 9.17) is 0 Å². The Bertz CT molecular complexity index is 388. The maximum atomic E-state index is 2.72. The molecule has 0 spiro atoms. The Morgan fingerprint density at radius 2 is 1.90 bits per heavy atom. The van der Waals surface area contributed by atoms with Crippen LogP contribution in [0.15, 0.2) is 23.1 Å². The predicted molar refractivity (Wildman–Crippen MR) is 93.4 cm³/mol. The maximum absolute atomic E-state index is 2.72. The van der Waals surface area contributed by atoms with E-state index in [1.807, 2.05) is 11.8 Å². The minimum atomic E-state index is 0. The lowest BCUT2D eigenvalue weighted by molar-refractivity contribution is 0.179. The van der Waals surface area contributed by atoms with Gasteiger partial charge in [-0.15, -0.1) is 24.2 Å². The molecular weight excluding hydrogens is 286 g/mol. The fourth-order valence-electron chi connectivity index (χ4n) is 3.29. The minimum absolute atomic E-state index is 0. The number of hydrogen-bond donors (Lipinski definition) is 0. The first-order valence-corrected chi connectivity index (χ1v) is 8.91. The Kier molecular flexibility index (Phi) is 8.01. The second kappa shape index (κ2) is 8.96. The average molecular weight is 314 g/mol. The SMILES string of the molecule is CCCN(CCC)[C@@H]1CCc2cccc(SC)c2C1.Cl. The Labute approximate surface area is 134 Å². The Morgan fingerprint density at radius 1 is 1.20 bits per heavy atom. The molecule has 0 unspecified atom stereocenters. The molecular formula is C17H28ClNS. The monoisotopic (exact) mass is 313 g/mol. The Balaban J connectivity index is 0.00000200. The van der Waals surface area contributed by atoms with Crippen molar-refractivity contribution in [3.63, 3.8) is 0 Å². The van der Waals surface area contributed by atoms with Crippen LogP contribution in [0, 0.1) is 0 Å². The first-order valence-electron chi connectivity index (χ1n) is 7.68. The zero-order valence-corrected chi connectivity index (χ0v) is 14.7. The molecule has 1 aromatic rings. The Hall–Kier alpha value is -0.180. The van der Waals surface area contributed by atoms with Crippen LogP contribution in [0.5, 0.6) is 0 Å². The summed E-state index contributed by atoms with van der Waals surface area (Å²) in [6, 6.07) is 7.60. The van der Waals surface area contributed by atoms with Gasteiger partial charge in [-0.2, -0.15) is 0 Å². The average Bonchev–Trinajstić information content (AvgIpc) is 2.46. The van der Waals surface area contributed by atoms with Crippen molar-refractivity contribution in [1.29, 1.82) is 0 Å². The van der Waals surface area contributed by atoms with E-state index >= 15 is 0 Å². The van der Waals surface area contributed by atoms with Gasteiger partial charge in [0.2, 0.25) is 0 Å². The van der Waals surface area contributed by atoms with Crippen molar-refractivity contribution >= 4 is 24.2 Å². The summed E-state index contributed by atoms with van der Waals surface area (Å²) in [5.41, 5.74) is 3.22. The molecule has 0 aliphatic heterocycles. The van der Waals surface area contributed by atoms with Crippen LogP contribution in [0.25, 0.3) is 0 Å². The van der Waals surface area contributed by atoms with Gasteiger partial charge in [0, 0.05) is 10.9 Å². The molecule has 1 aliphatic rings. The summed E-state index contributed by atoms with van der Waals surface area (Å²) in [7, 11) is 0. The van der Waals surface area contributed by atoms with Gasteiger partial charge in [0.05, 0.1) is 0 Å². The van der Waals surface area contributed by atoms with E-state index in [9.17, 15) is 0 Å². The summed E-state index contributed by atoms with van der Waals surface area (Å²) in [6.07, 6.45) is 8.60. The zero-order valence-electron chi connectivity index (χ0n) is 13.0. The van der Waals surface area contributed by atoms with Gasteiger partial charge in [0.15, 0.2) is 0 Å². The van der Waals surface area contributed by atoms with E-state index in [0.29, 0.717) is 0 Å². The Morgan fingerprint density at radius 3 is 2.50 bits per heavy atom. The fraction of sp³-hybridized carbons (Fsp3) is 0.647. The van der Waals surface area contributed by atoms with Crippen LogP contribution in [0.2, 0.25) is 0 Å². The van der Waals surface area contributed by atoms with Gasteiger partial charge in [0.1, 0.15) is 0 Å². The van der Waals surface area contributed by atoms with E-state index in [2.05, 4.69) is 43.2 Å². The van der Waals surface area contributed by atoms with Crippen LogP contribution in [0.3, 0.4) is 0 Å². The molecule has 0 heterocycles. The van der Waals surface area contributed by atoms with Crippen molar-refractivity contribution in [1.82, 2.24) is 4.90 Å². The van der Waals surface area contributed by atoms with Crippen molar-refractivity contribution in [2.75, 3.05) is 19.3 Å². The van der Waals surface area contributed by atoms with Crippen molar-refractivity contribution in [2.24, 2.45) is 0 Å². The van der Waals surface area contributed by atoms with Crippen molar-refractivity contribution in [3.05, 3.63) is 29.3 Å². The van der Waals surface area contributed by atoms with Crippen LogP contribution in [-0.4, -0.2) is 30.3 Å². The summed E-state index contributed by atoms with van der Waals surface area (Å²) in [5, 5.41) is 0. The summed E-state index contributed by atoms with van der Waals surface area (Å²) in [4.78, 5) is 4.22. The van der Waals surface area contributed by atoms with Gasteiger partial charge in [0.25, 0.3) is 0 Å². The van der Waals surface area contributed by atoms with Crippen LogP contribution >= 0.6 is 24.2 Å². The molecule has 20 heavy (non-hydrogen) atoms. The summed E-state index contributed by atoms with van der Waals surface area (Å²) in [5.74, 6) is 0. The quantitative estimate of drug-likeness (QED) is 0.693. The molecule has 0 fully saturated rings. The molecule has 0 bridgehead atoms. The van der Waals surface area contributed by atoms with E-state index in [1.54, 1.807) is 11.1 Å². The number of benzene rings is 1. The molecule has 1 atom stereocenters. The van der Waals surface area contributed by atoms with Crippen LogP contribution in [0.1, 0.15) is 44.2 Å². The van der Waals surface area contributed by atoms with Crippen molar-refractivity contribution in [2.45, 2.75) is 56.9 Å². The fourth-order valence-corrected chi connectivity index (χ4v) is 3.97. The minimum Gasteiger partial charge on any atom is -0.300 e. The first-order chi connectivity index (χ1) is 9.30. The summed E-state index contributed by atoms with van der Waals surface area (Å²) in [6.45, 7) is 7.12. The predicted octanol–water partition coefficient (Wildman–Crippen LogP) is 4.81. The van der Waals surface area contributed by atoms with E-state index in [1.165, 1.54) is 50.1 Å². The number of hydrogen-bond acceptors (Lipinski definition) is 2. The molecule has 3 heteroatoms. The number of fused-ring (bicyclic) bond motifs is 1. The van der Waals surface area contributed by atoms with E-state index < -0.39 is 0 Å². The maximum Gasteiger partial charge on any atom is 0.0139 e. The number of rotatable bonds is 6.